The largest absolute Gasteiger partial charge is 0.416 e. The molecule has 4 rings (SSSR count). The number of carbonyl (C=O) groups is 1. The van der Waals surface area contributed by atoms with E-state index < -0.39 is 17.3 Å². The molecule has 1 N–H and O–H groups in total. The van der Waals surface area contributed by atoms with Gasteiger partial charge in [0.15, 0.2) is 0 Å². The van der Waals surface area contributed by atoms with Crippen LogP contribution >= 0.6 is 0 Å². The quantitative estimate of drug-likeness (QED) is 0.871. The SMILES string of the molecule is O=C(c1ccc(C2(O)COC2)cc1)N1CC[C@@H](c2ccc(C(F)(F)F)cc2)C1. The molecular weight excluding hydrogens is 371 g/mol. The molecular formula is C21H20F3NO3. The summed E-state index contributed by atoms with van der Waals surface area (Å²) >= 11 is 0. The molecule has 2 aliphatic rings. The van der Waals surface area contributed by atoms with Crippen molar-refractivity contribution in [2.45, 2.75) is 24.1 Å². The fourth-order valence-electron chi connectivity index (χ4n) is 3.73. The standard InChI is InChI=1S/C21H20F3NO3/c22-21(23,24)18-7-1-14(2-8-18)16-9-10-25(11-16)19(26)15-3-5-17(6-4-15)20(27)12-28-13-20/h1-8,16,27H,9-13H2/t16-/m1/s1. The van der Waals surface area contributed by atoms with Gasteiger partial charge in [-0.15, -0.1) is 0 Å². The molecule has 2 aromatic carbocycles. The second-order valence-corrected chi connectivity index (χ2v) is 7.46. The maximum atomic E-state index is 12.7. The molecule has 0 aromatic heterocycles. The Morgan fingerprint density at radius 1 is 1.07 bits per heavy atom. The van der Waals surface area contributed by atoms with Gasteiger partial charge in [-0.25, -0.2) is 0 Å². The maximum absolute atomic E-state index is 12.7. The summed E-state index contributed by atoms with van der Waals surface area (Å²) in [5.41, 5.74) is 0.426. The van der Waals surface area contributed by atoms with Crippen LogP contribution in [0.25, 0.3) is 0 Å². The summed E-state index contributed by atoms with van der Waals surface area (Å²) < 4.78 is 43.2. The second kappa shape index (κ2) is 6.90. The van der Waals surface area contributed by atoms with Gasteiger partial charge in [0.05, 0.1) is 18.8 Å². The lowest BCUT2D eigenvalue weighted by Gasteiger charge is -2.36. The van der Waals surface area contributed by atoms with Crippen LogP contribution in [0.3, 0.4) is 0 Å². The highest BCUT2D eigenvalue weighted by atomic mass is 19.4. The van der Waals surface area contributed by atoms with Crippen LogP contribution in [-0.4, -0.2) is 42.2 Å². The minimum Gasteiger partial charge on any atom is -0.380 e. The molecule has 0 bridgehead atoms. The molecule has 28 heavy (non-hydrogen) atoms. The van der Waals surface area contributed by atoms with Crippen molar-refractivity contribution in [1.82, 2.24) is 4.90 Å². The fraction of sp³-hybridized carbons (Fsp3) is 0.381. The van der Waals surface area contributed by atoms with E-state index in [2.05, 4.69) is 0 Å². The molecule has 0 radical (unpaired) electrons. The molecule has 2 saturated heterocycles. The molecule has 4 nitrogen and oxygen atoms in total. The first-order valence-corrected chi connectivity index (χ1v) is 9.13. The maximum Gasteiger partial charge on any atom is 0.416 e. The Bertz CT molecular complexity index is 858. The van der Waals surface area contributed by atoms with Crippen LogP contribution in [0.15, 0.2) is 48.5 Å². The third-order valence-corrected chi connectivity index (χ3v) is 5.54. The molecule has 2 heterocycles. The lowest BCUT2D eigenvalue weighted by molar-refractivity contribution is -0.184. The first-order chi connectivity index (χ1) is 13.3. The molecule has 2 fully saturated rings. The van der Waals surface area contributed by atoms with Gasteiger partial charge in [-0.05, 0) is 41.8 Å². The molecule has 7 heteroatoms. The van der Waals surface area contributed by atoms with E-state index in [9.17, 15) is 23.1 Å². The lowest BCUT2D eigenvalue weighted by atomic mass is 9.91. The summed E-state index contributed by atoms with van der Waals surface area (Å²) in [5, 5.41) is 10.3. The molecule has 148 valence electrons. The molecule has 0 spiro atoms. The number of halogens is 3. The van der Waals surface area contributed by atoms with Gasteiger partial charge in [-0.1, -0.05) is 24.3 Å². The highest BCUT2D eigenvalue weighted by Gasteiger charge is 2.38. The predicted octanol–water partition coefficient (Wildman–Crippen LogP) is 3.55. The van der Waals surface area contributed by atoms with Gasteiger partial charge in [-0.2, -0.15) is 13.2 Å². The van der Waals surface area contributed by atoms with E-state index in [1.54, 1.807) is 29.2 Å². The number of rotatable bonds is 3. The number of amides is 1. The summed E-state index contributed by atoms with van der Waals surface area (Å²) in [6, 6.07) is 12.0. The third kappa shape index (κ3) is 3.52. The van der Waals surface area contributed by atoms with Crippen LogP contribution in [0.5, 0.6) is 0 Å². The van der Waals surface area contributed by atoms with Gasteiger partial charge in [0.2, 0.25) is 0 Å². The number of hydrogen-bond donors (Lipinski definition) is 1. The first-order valence-electron chi connectivity index (χ1n) is 9.13. The van der Waals surface area contributed by atoms with Crippen molar-refractivity contribution >= 4 is 5.91 Å². The Kier molecular flexibility index (Phi) is 4.67. The van der Waals surface area contributed by atoms with Crippen LogP contribution in [0.1, 0.15) is 39.4 Å². The van der Waals surface area contributed by atoms with Crippen molar-refractivity contribution in [2.75, 3.05) is 26.3 Å². The topological polar surface area (TPSA) is 49.8 Å². The van der Waals surface area contributed by atoms with E-state index in [4.69, 9.17) is 4.74 Å². The lowest BCUT2D eigenvalue weighted by Crippen LogP contribution is -2.46. The van der Waals surface area contributed by atoms with Gasteiger partial charge in [-0.3, -0.25) is 4.79 Å². The summed E-state index contributed by atoms with van der Waals surface area (Å²) in [6.45, 7) is 1.54. The van der Waals surface area contributed by atoms with Crippen molar-refractivity contribution in [1.29, 1.82) is 0 Å². The minimum absolute atomic E-state index is 0.0262. The van der Waals surface area contributed by atoms with Crippen LogP contribution in [0.2, 0.25) is 0 Å². The Balaban J connectivity index is 1.41. The molecule has 0 saturated carbocycles. The third-order valence-electron chi connectivity index (χ3n) is 5.54. The zero-order valence-electron chi connectivity index (χ0n) is 15.1. The van der Waals surface area contributed by atoms with E-state index >= 15 is 0 Å². The number of ether oxygens (including phenoxy) is 1. The molecule has 0 unspecified atom stereocenters. The van der Waals surface area contributed by atoms with Gasteiger partial charge in [0.1, 0.15) is 5.60 Å². The summed E-state index contributed by atoms with van der Waals surface area (Å²) in [4.78, 5) is 14.5. The Hall–Kier alpha value is -2.38. The summed E-state index contributed by atoms with van der Waals surface area (Å²) in [6.07, 6.45) is -3.63. The Morgan fingerprint density at radius 2 is 1.71 bits per heavy atom. The zero-order valence-corrected chi connectivity index (χ0v) is 15.1. The van der Waals surface area contributed by atoms with E-state index in [0.29, 0.717) is 25.1 Å². The van der Waals surface area contributed by atoms with E-state index in [0.717, 1.165) is 23.3 Å². The van der Waals surface area contributed by atoms with Crippen LogP contribution in [0, 0.1) is 0 Å². The van der Waals surface area contributed by atoms with Crippen molar-refractivity contribution in [3.63, 3.8) is 0 Å². The zero-order chi connectivity index (χ0) is 19.9. The van der Waals surface area contributed by atoms with Gasteiger partial charge in [0.25, 0.3) is 5.91 Å². The molecule has 1 amide bonds. The van der Waals surface area contributed by atoms with Crippen LogP contribution in [-0.2, 0) is 16.5 Å². The van der Waals surface area contributed by atoms with Gasteiger partial charge < -0.3 is 14.7 Å². The second-order valence-electron chi connectivity index (χ2n) is 7.46. The van der Waals surface area contributed by atoms with Crippen molar-refractivity contribution in [3.8, 4) is 0 Å². The van der Waals surface area contributed by atoms with E-state index in [-0.39, 0.29) is 25.0 Å². The monoisotopic (exact) mass is 391 g/mol. The highest BCUT2D eigenvalue weighted by molar-refractivity contribution is 5.94. The summed E-state index contributed by atoms with van der Waals surface area (Å²) in [7, 11) is 0. The average molecular weight is 391 g/mol. The number of hydrogen-bond acceptors (Lipinski definition) is 3. The number of nitrogens with zero attached hydrogens (tertiary/aromatic N) is 1. The smallest absolute Gasteiger partial charge is 0.380 e. The van der Waals surface area contributed by atoms with E-state index in [1.807, 2.05) is 0 Å². The predicted molar refractivity (Wildman–Crippen MR) is 95.9 cm³/mol. The molecule has 2 aliphatic heterocycles. The molecule has 0 aliphatic carbocycles. The Labute approximate surface area is 160 Å². The average Bonchev–Trinajstić information content (AvgIpc) is 3.15. The normalized spacial score (nSPS) is 21.4. The van der Waals surface area contributed by atoms with E-state index in [1.165, 1.54) is 12.1 Å². The van der Waals surface area contributed by atoms with Crippen molar-refractivity contribution < 1.29 is 27.8 Å². The number of alkyl halides is 3. The minimum atomic E-state index is -4.35. The number of carbonyl (C=O) groups excluding carboxylic acids is 1. The van der Waals surface area contributed by atoms with Gasteiger partial charge in [0, 0.05) is 24.6 Å². The van der Waals surface area contributed by atoms with Crippen LogP contribution < -0.4 is 0 Å². The highest BCUT2D eigenvalue weighted by Crippen LogP contribution is 2.33. The van der Waals surface area contributed by atoms with Gasteiger partial charge >= 0.3 is 6.18 Å². The van der Waals surface area contributed by atoms with Crippen molar-refractivity contribution in [2.24, 2.45) is 0 Å². The number of benzene rings is 2. The van der Waals surface area contributed by atoms with Crippen molar-refractivity contribution in [3.05, 3.63) is 70.8 Å². The fourth-order valence-corrected chi connectivity index (χ4v) is 3.73. The number of aliphatic hydroxyl groups is 1. The number of likely N-dealkylation sites (tertiary alicyclic amines) is 1. The first kappa shape index (κ1) is 19.0. The molecule has 2 aromatic rings. The Morgan fingerprint density at radius 3 is 2.25 bits per heavy atom. The van der Waals surface area contributed by atoms with Crippen LogP contribution in [0.4, 0.5) is 13.2 Å². The molecule has 1 atom stereocenters. The summed E-state index contributed by atoms with van der Waals surface area (Å²) in [5.74, 6) is -0.0869.